The first-order valence-electron chi connectivity index (χ1n) is 7.49. The Balaban J connectivity index is 1.69. The SMILES string of the molecule is OCCc1ccc(NCc2ccnn2-c2ccc(F)cc2)cc1. The van der Waals surface area contributed by atoms with E-state index in [1.165, 1.54) is 12.1 Å². The van der Waals surface area contributed by atoms with Crippen molar-refractivity contribution in [3.05, 3.63) is 77.9 Å². The first-order valence-corrected chi connectivity index (χ1v) is 7.49. The summed E-state index contributed by atoms with van der Waals surface area (Å²) in [7, 11) is 0. The fourth-order valence-corrected chi connectivity index (χ4v) is 2.39. The van der Waals surface area contributed by atoms with Crippen LogP contribution in [0.5, 0.6) is 0 Å². The molecule has 23 heavy (non-hydrogen) atoms. The van der Waals surface area contributed by atoms with E-state index in [1.807, 2.05) is 30.3 Å². The van der Waals surface area contributed by atoms with Gasteiger partial charge in [0.2, 0.25) is 0 Å². The number of anilines is 1. The minimum Gasteiger partial charge on any atom is -0.396 e. The van der Waals surface area contributed by atoms with Crippen molar-refractivity contribution >= 4 is 5.69 Å². The lowest BCUT2D eigenvalue weighted by molar-refractivity contribution is 0.299. The van der Waals surface area contributed by atoms with Gasteiger partial charge in [-0.25, -0.2) is 9.07 Å². The molecule has 0 radical (unpaired) electrons. The van der Waals surface area contributed by atoms with Gasteiger partial charge in [-0.3, -0.25) is 0 Å². The van der Waals surface area contributed by atoms with Gasteiger partial charge in [-0.2, -0.15) is 5.10 Å². The number of benzene rings is 2. The summed E-state index contributed by atoms with van der Waals surface area (Å²) in [6.07, 6.45) is 2.39. The molecule has 1 heterocycles. The second-order valence-electron chi connectivity index (χ2n) is 5.23. The normalized spacial score (nSPS) is 10.7. The van der Waals surface area contributed by atoms with Gasteiger partial charge >= 0.3 is 0 Å². The number of aliphatic hydroxyl groups excluding tert-OH is 1. The lowest BCUT2D eigenvalue weighted by Crippen LogP contribution is -2.07. The van der Waals surface area contributed by atoms with Crippen LogP contribution < -0.4 is 5.32 Å². The zero-order chi connectivity index (χ0) is 16.1. The molecule has 0 bridgehead atoms. The van der Waals surface area contributed by atoms with Crippen molar-refractivity contribution in [2.45, 2.75) is 13.0 Å². The average molecular weight is 311 g/mol. The molecular formula is C18H18FN3O. The largest absolute Gasteiger partial charge is 0.396 e. The highest BCUT2D eigenvalue weighted by Crippen LogP contribution is 2.14. The number of nitrogens with one attached hydrogen (secondary N) is 1. The van der Waals surface area contributed by atoms with Crippen LogP contribution in [0.15, 0.2) is 60.8 Å². The topological polar surface area (TPSA) is 50.1 Å². The van der Waals surface area contributed by atoms with E-state index >= 15 is 0 Å². The molecular weight excluding hydrogens is 293 g/mol. The molecule has 118 valence electrons. The molecule has 0 saturated carbocycles. The molecule has 0 aliphatic carbocycles. The Hall–Kier alpha value is -2.66. The number of aromatic nitrogens is 2. The highest BCUT2D eigenvalue weighted by atomic mass is 19.1. The molecule has 0 atom stereocenters. The molecule has 0 unspecified atom stereocenters. The molecule has 0 aliphatic rings. The van der Waals surface area contributed by atoms with Crippen LogP contribution in [-0.4, -0.2) is 21.5 Å². The Labute approximate surface area is 134 Å². The summed E-state index contributed by atoms with van der Waals surface area (Å²) in [6.45, 7) is 0.764. The quantitative estimate of drug-likeness (QED) is 0.735. The Morgan fingerprint density at radius 2 is 1.74 bits per heavy atom. The van der Waals surface area contributed by atoms with Crippen molar-refractivity contribution in [2.75, 3.05) is 11.9 Å². The Bertz CT molecular complexity index is 751. The first kappa shape index (κ1) is 15.2. The van der Waals surface area contributed by atoms with Crippen LogP contribution in [0.4, 0.5) is 10.1 Å². The van der Waals surface area contributed by atoms with Crippen LogP contribution in [0.1, 0.15) is 11.3 Å². The van der Waals surface area contributed by atoms with E-state index in [2.05, 4.69) is 10.4 Å². The fourth-order valence-electron chi connectivity index (χ4n) is 2.39. The lowest BCUT2D eigenvalue weighted by atomic mass is 10.1. The monoisotopic (exact) mass is 311 g/mol. The molecule has 0 aliphatic heterocycles. The first-order chi connectivity index (χ1) is 11.3. The van der Waals surface area contributed by atoms with Crippen molar-refractivity contribution in [1.82, 2.24) is 9.78 Å². The molecule has 0 fully saturated rings. The smallest absolute Gasteiger partial charge is 0.123 e. The number of rotatable bonds is 6. The van der Waals surface area contributed by atoms with Gasteiger partial charge in [0.05, 0.1) is 17.9 Å². The van der Waals surface area contributed by atoms with Gasteiger partial charge in [0, 0.05) is 18.5 Å². The van der Waals surface area contributed by atoms with Crippen LogP contribution in [0, 0.1) is 5.82 Å². The zero-order valence-electron chi connectivity index (χ0n) is 12.6. The third-order valence-electron chi connectivity index (χ3n) is 3.62. The molecule has 2 N–H and O–H groups in total. The van der Waals surface area contributed by atoms with Gasteiger partial charge in [0.15, 0.2) is 0 Å². The van der Waals surface area contributed by atoms with Crippen molar-refractivity contribution in [1.29, 1.82) is 0 Å². The van der Waals surface area contributed by atoms with E-state index in [-0.39, 0.29) is 12.4 Å². The van der Waals surface area contributed by atoms with E-state index in [4.69, 9.17) is 5.11 Å². The van der Waals surface area contributed by atoms with Gasteiger partial charge < -0.3 is 10.4 Å². The molecule has 5 heteroatoms. The van der Waals surface area contributed by atoms with Crippen molar-refractivity contribution in [3.8, 4) is 5.69 Å². The predicted octanol–water partition coefficient (Wildman–Crippen LogP) is 3.16. The predicted molar refractivity (Wildman–Crippen MR) is 88.1 cm³/mol. The summed E-state index contributed by atoms with van der Waals surface area (Å²) < 4.78 is 14.8. The molecule has 3 rings (SSSR count). The van der Waals surface area contributed by atoms with Gasteiger partial charge in [-0.15, -0.1) is 0 Å². The molecule has 2 aromatic carbocycles. The lowest BCUT2D eigenvalue weighted by Gasteiger charge is -2.10. The van der Waals surface area contributed by atoms with Gasteiger partial charge in [-0.1, -0.05) is 12.1 Å². The number of hydrogen-bond acceptors (Lipinski definition) is 3. The van der Waals surface area contributed by atoms with Gasteiger partial charge in [0.25, 0.3) is 0 Å². The highest BCUT2D eigenvalue weighted by molar-refractivity contribution is 5.45. The summed E-state index contributed by atoms with van der Waals surface area (Å²) in [4.78, 5) is 0. The van der Waals surface area contributed by atoms with E-state index in [1.54, 1.807) is 23.0 Å². The number of nitrogens with zero attached hydrogens (tertiary/aromatic N) is 2. The maximum atomic E-state index is 13.0. The summed E-state index contributed by atoms with van der Waals surface area (Å²) in [5.41, 5.74) is 3.91. The van der Waals surface area contributed by atoms with Crippen molar-refractivity contribution < 1.29 is 9.50 Å². The molecule has 0 spiro atoms. The highest BCUT2D eigenvalue weighted by Gasteiger charge is 2.05. The van der Waals surface area contributed by atoms with Crippen LogP contribution >= 0.6 is 0 Å². The summed E-state index contributed by atoms with van der Waals surface area (Å²) >= 11 is 0. The van der Waals surface area contributed by atoms with Crippen LogP contribution in [0.2, 0.25) is 0 Å². The van der Waals surface area contributed by atoms with E-state index in [9.17, 15) is 4.39 Å². The molecule has 4 nitrogen and oxygen atoms in total. The molecule has 1 aromatic heterocycles. The molecule has 0 saturated heterocycles. The standard InChI is InChI=1S/C18H18FN3O/c19-15-3-7-17(8-4-15)22-18(9-11-21-22)13-20-16-5-1-14(2-6-16)10-12-23/h1-9,11,20,23H,10,12-13H2. The Morgan fingerprint density at radius 3 is 2.43 bits per heavy atom. The molecule has 0 amide bonds. The van der Waals surface area contributed by atoms with Crippen LogP contribution in [-0.2, 0) is 13.0 Å². The van der Waals surface area contributed by atoms with E-state index in [0.717, 1.165) is 22.6 Å². The zero-order valence-corrected chi connectivity index (χ0v) is 12.6. The average Bonchev–Trinajstić information content (AvgIpc) is 3.04. The third-order valence-corrected chi connectivity index (χ3v) is 3.62. The maximum absolute atomic E-state index is 13.0. The van der Waals surface area contributed by atoms with Gasteiger partial charge in [-0.05, 0) is 54.4 Å². The maximum Gasteiger partial charge on any atom is 0.123 e. The summed E-state index contributed by atoms with van der Waals surface area (Å²) in [5, 5.41) is 16.6. The minimum atomic E-state index is -0.261. The second-order valence-corrected chi connectivity index (χ2v) is 5.23. The van der Waals surface area contributed by atoms with Gasteiger partial charge in [0.1, 0.15) is 5.82 Å². The van der Waals surface area contributed by atoms with Crippen molar-refractivity contribution in [2.24, 2.45) is 0 Å². The minimum absolute atomic E-state index is 0.156. The summed E-state index contributed by atoms with van der Waals surface area (Å²) in [5.74, 6) is -0.261. The van der Waals surface area contributed by atoms with Crippen LogP contribution in [0.25, 0.3) is 5.69 Å². The number of hydrogen-bond donors (Lipinski definition) is 2. The van der Waals surface area contributed by atoms with E-state index in [0.29, 0.717) is 13.0 Å². The summed E-state index contributed by atoms with van der Waals surface area (Å²) in [6, 6.07) is 16.2. The fraction of sp³-hybridized carbons (Fsp3) is 0.167. The second kappa shape index (κ2) is 7.07. The third kappa shape index (κ3) is 3.76. The van der Waals surface area contributed by atoms with E-state index < -0.39 is 0 Å². The van der Waals surface area contributed by atoms with Crippen LogP contribution in [0.3, 0.4) is 0 Å². The number of aliphatic hydroxyl groups is 1. The Morgan fingerprint density at radius 1 is 1.00 bits per heavy atom. The molecule has 3 aromatic rings. The number of halogens is 1. The Kier molecular flexibility index (Phi) is 4.68. The van der Waals surface area contributed by atoms with Crippen molar-refractivity contribution in [3.63, 3.8) is 0 Å².